The third-order valence-electron chi connectivity index (χ3n) is 3.82. The van der Waals surface area contributed by atoms with Crippen LogP contribution in [0.15, 0.2) is 24.3 Å². The van der Waals surface area contributed by atoms with E-state index in [-0.39, 0.29) is 17.9 Å². The lowest BCUT2D eigenvalue weighted by molar-refractivity contribution is -0.149. The molecule has 0 aromatic heterocycles. The van der Waals surface area contributed by atoms with Gasteiger partial charge in [-0.25, -0.2) is 0 Å². The summed E-state index contributed by atoms with van der Waals surface area (Å²) in [6, 6.07) is 9.42. The standard InChI is InChI=1S/C16H19ClN2O2/c1-2-21-16(20)13-7-9-19(10-8-13)15(11-18)12-3-5-14(17)6-4-12/h3-6,13,15H,2,7-10H2,1H3. The predicted octanol–water partition coefficient (Wildman–Crippen LogP) is 3.18. The van der Waals surface area contributed by atoms with Gasteiger partial charge in [0, 0.05) is 18.1 Å². The van der Waals surface area contributed by atoms with Gasteiger partial charge in [-0.1, -0.05) is 23.7 Å². The molecule has 0 radical (unpaired) electrons. The van der Waals surface area contributed by atoms with Gasteiger partial charge in [-0.3, -0.25) is 9.69 Å². The smallest absolute Gasteiger partial charge is 0.309 e. The van der Waals surface area contributed by atoms with Crippen molar-refractivity contribution >= 4 is 17.6 Å². The molecule has 1 saturated heterocycles. The molecule has 1 aromatic carbocycles. The third-order valence-corrected chi connectivity index (χ3v) is 4.07. The first-order chi connectivity index (χ1) is 10.2. The van der Waals surface area contributed by atoms with Gasteiger partial charge in [0.2, 0.25) is 0 Å². The Morgan fingerprint density at radius 2 is 2.05 bits per heavy atom. The summed E-state index contributed by atoms with van der Waals surface area (Å²) in [5.41, 5.74) is 0.941. The summed E-state index contributed by atoms with van der Waals surface area (Å²) < 4.78 is 5.06. The highest BCUT2D eigenvalue weighted by atomic mass is 35.5. The van der Waals surface area contributed by atoms with Crippen molar-refractivity contribution in [3.05, 3.63) is 34.9 Å². The van der Waals surface area contributed by atoms with E-state index in [4.69, 9.17) is 16.3 Å². The van der Waals surface area contributed by atoms with E-state index in [1.807, 2.05) is 19.1 Å². The van der Waals surface area contributed by atoms with Crippen molar-refractivity contribution in [2.24, 2.45) is 5.92 Å². The lowest BCUT2D eigenvalue weighted by Crippen LogP contribution is -2.38. The first-order valence-electron chi connectivity index (χ1n) is 7.21. The zero-order valence-electron chi connectivity index (χ0n) is 12.1. The second-order valence-electron chi connectivity index (χ2n) is 5.15. The highest BCUT2D eigenvalue weighted by molar-refractivity contribution is 6.30. The molecule has 1 unspecified atom stereocenters. The van der Waals surface area contributed by atoms with Gasteiger partial charge in [-0.05, 0) is 37.5 Å². The molecule has 0 N–H and O–H groups in total. The summed E-state index contributed by atoms with van der Waals surface area (Å²) >= 11 is 5.88. The summed E-state index contributed by atoms with van der Waals surface area (Å²) in [5, 5.41) is 10.1. The zero-order chi connectivity index (χ0) is 15.2. The molecule has 4 nitrogen and oxygen atoms in total. The summed E-state index contributed by atoms with van der Waals surface area (Å²) in [6.45, 7) is 3.69. The van der Waals surface area contributed by atoms with E-state index in [9.17, 15) is 10.1 Å². The molecule has 5 heteroatoms. The average Bonchev–Trinajstić information content (AvgIpc) is 2.51. The number of halogens is 1. The van der Waals surface area contributed by atoms with Crippen LogP contribution in [0, 0.1) is 17.2 Å². The molecule has 21 heavy (non-hydrogen) atoms. The van der Waals surface area contributed by atoms with Crippen molar-refractivity contribution in [1.82, 2.24) is 4.90 Å². The fourth-order valence-corrected chi connectivity index (χ4v) is 2.79. The van der Waals surface area contributed by atoms with Gasteiger partial charge in [0.25, 0.3) is 0 Å². The van der Waals surface area contributed by atoms with Crippen molar-refractivity contribution in [1.29, 1.82) is 5.26 Å². The number of nitriles is 1. The monoisotopic (exact) mass is 306 g/mol. The lowest BCUT2D eigenvalue weighted by Gasteiger charge is -2.33. The van der Waals surface area contributed by atoms with Gasteiger partial charge in [0.15, 0.2) is 0 Å². The van der Waals surface area contributed by atoms with E-state index in [0.29, 0.717) is 11.6 Å². The molecule has 0 bridgehead atoms. The Morgan fingerprint density at radius 1 is 1.43 bits per heavy atom. The number of hydrogen-bond donors (Lipinski definition) is 0. The first kappa shape index (κ1) is 15.8. The minimum Gasteiger partial charge on any atom is -0.466 e. The normalized spacial score (nSPS) is 18.0. The van der Waals surface area contributed by atoms with Crippen LogP contribution in [-0.2, 0) is 9.53 Å². The Bertz CT molecular complexity index is 516. The largest absolute Gasteiger partial charge is 0.466 e. The summed E-state index contributed by atoms with van der Waals surface area (Å²) in [5.74, 6) is -0.150. The van der Waals surface area contributed by atoms with Crippen molar-refractivity contribution in [2.45, 2.75) is 25.8 Å². The second kappa shape index (κ2) is 7.44. The lowest BCUT2D eigenvalue weighted by atomic mass is 9.94. The molecule has 2 rings (SSSR count). The Hall–Kier alpha value is -1.57. The van der Waals surface area contributed by atoms with Crippen LogP contribution in [0.1, 0.15) is 31.4 Å². The molecule has 1 fully saturated rings. The third kappa shape index (κ3) is 3.96. The number of esters is 1. The van der Waals surface area contributed by atoms with Crippen LogP contribution in [0.3, 0.4) is 0 Å². The van der Waals surface area contributed by atoms with Crippen molar-refractivity contribution in [3.63, 3.8) is 0 Å². The number of rotatable bonds is 4. The van der Waals surface area contributed by atoms with Crippen LogP contribution in [-0.4, -0.2) is 30.6 Å². The van der Waals surface area contributed by atoms with E-state index < -0.39 is 0 Å². The summed E-state index contributed by atoms with van der Waals surface area (Å²) in [6.07, 6.45) is 1.48. The Balaban J connectivity index is 1.98. The first-order valence-corrected chi connectivity index (χ1v) is 7.59. The van der Waals surface area contributed by atoms with Crippen LogP contribution in [0.2, 0.25) is 5.02 Å². The quantitative estimate of drug-likeness (QED) is 0.802. The molecule has 0 amide bonds. The van der Waals surface area contributed by atoms with Crippen LogP contribution >= 0.6 is 11.6 Å². The van der Waals surface area contributed by atoms with E-state index in [0.717, 1.165) is 31.5 Å². The molecular weight excluding hydrogens is 288 g/mol. The molecule has 1 atom stereocenters. The molecule has 1 heterocycles. The number of likely N-dealkylation sites (tertiary alicyclic amines) is 1. The number of ether oxygens (including phenoxy) is 1. The number of piperidine rings is 1. The summed E-state index contributed by atoms with van der Waals surface area (Å²) in [4.78, 5) is 13.8. The van der Waals surface area contributed by atoms with Gasteiger partial charge in [0.1, 0.15) is 6.04 Å². The molecule has 1 aliphatic heterocycles. The average molecular weight is 307 g/mol. The maximum atomic E-state index is 11.7. The fourth-order valence-electron chi connectivity index (χ4n) is 2.67. The topological polar surface area (TPSA) is 53.3 Å². The van der Waals surface area contributed by atoms with Crippen LogP contribution < -0.4 is 0 Å². The Morgan fingerprint density at radius 3 is 2.57 bits per heavy atom. The maximum Gasteiger partial charge on any atom is 0.309 e. The maximum absolute atomic E-state index is 11.7. The zero-order valence-corrected chi connectivity index (χ0v) is 12.8. The number of carbonyl (C=O) groups is 1. The van der Waals surface area contributed by atoms with E-state index in [1.165, 1.54) is 0 Å². The number of nitrogens with zero attached hydrogens (tertiary/aromatic N) is 2. The van der Waals surface area contributed by atoms with Gasteiger partial charge >= 0.3 is 5.97 Å². The van der Waals surface area contributed by atoms with Gasteiger partial charge < -0.3 is 4.74 Å². The summed E-state index contributed by atoms with van der Waals surface area (Å²) in [7, 11) is 0. The number of carbonyl (C=O) groups excluding carboxylic acids is 1. The van der Waals surface area contributed by atoms with Crippen LogP contribution in [0.4, 0.5) is 0 Å². The number of hydrogen-bond acceptors (Lipinski definition) is 4. The van der Waals surface area contributed by atoms with Gasteiger partial charge in [0.05, 0.1) is 18.6 Å². The number of benzene rings is 1. The van der Waals surface area contributed by atoms with Crippen molar-refractivity contribution in [2.75, 3.05) is 19.7 Å². The molecule has 1 aliphatic rings. The predicted molar refractivity (Wildman–Crippen MR) is 80.7 cm³/mol. The minimum atomic E-state index is -0.287. The van der Waals surface area contributed by atoms with Gasteiger partial charge in [-0.2, -0.15) is 5.26 Å². The molecule has 0 saturated carbocycles. The fraction of sp³-hybridized carbons (Fsp3) is 0.500. The Kier molecular flexibility index (Phi) is 5.60. The van der Waals surface area contributed by atoms with E-state index in [1.54, 1.807) is 12.1 Å². The molecule has 0 spiro atoms. The van der Waals surface area contributed by atoms with E-state index in [2.05, 4.69) is 11.0 Å². The highest BCUT2D eigenvalue weighted by Crippen LogP contribution is 2.27. The van der Waals surface area contributed by atoms with Gasteiger partial charge in [-0.15, -0.1) is 0 Å². The second-order valence-corrected chi connectivity index (χ2v) is 5.58. The molecular formula is C16H19ClN2O2. The minimum absolute atomic E-state index is 0.0363. The molecule has 1 aromatic rings. The molecule has 0 aliphatic carbocycles. The van der Waals surface area contributed by atoms with Crippen LogP contribution in [0.25, 0.3) is 0 Å². The van der Waals surface area contributed by atoms with Crippen molar-refractivity contribution in [3.8, 4) is 6.07 Å². The molecule has 112 valence electrons. The SMILES string of the molecule is CCOC(=O)C1CCN(C(C#N)c2ccc(Cl)cc2)CC1. The Labute approximate surface area is 130 Å². The van der Waals surface area contributed by atoms with Crippen molar-refractivity contribution < 1.29 is 9.53 Å². The van der Waals surface area contributed by atoms with E-state index >= 15 is 0 Å². The highest BCUT2D eigenvalue weighted by Gasteiger charge is 2.30. The van der Waals surface area contributed by atoms with Crippen LogP contribution in [0.5, 0.6) is 0 Å².